The molecule has 2 heterocycles. The first-order valence-corrected chi connectivity index (χ1v) is 12.2. The van der Waals surface area contributed by atoms with Gasteiger partial charge in [-0.05, 0) is 34.9 Å². The molecule has 2 aliphatic heterocycles. The number of hydrazone groups is 1. The first-order chi connectivity index (χ1) is 18.2. The summed E-state index contributed by atoms with van der Waals surface area (Å²) in [5.41, 5.74) is 6.42. The molecule has 4 aromatic carbocycles. The second kappa shape index (κ2) is 9.47. The van der Waals surface area contributed by atoms with Crippen LogP contribution in [0.4, 0.5) is 5.69 Å². The zero-order valence-corrected chi connectivity index (χ0v) is 20.6. The van der Waals surface area contributed by atoms with Gasteiger partial charge in [0.25, 0.3) is 0 Å². The van der Waals surface area contributed by atoms with Gasteiger partial charge in [-0.15, -0.1) is 0 Å². The third kappa shape index (κ3) is 4.00. The molecule has 0 unspecified atom stereocenters. The van der Waals surface area contributed by atoms with Crippen molar-refractivity contribution in [2.45, 2.75) is 18.6 Å². The zero-order chi connectivity index (χ0) is 25.4. The van der Waals surface area contributed by atoms with E-state index < -0.39 is 12.1 Å². The van der Waals surface area contributed by atoms with Gasteiger partial charge in [-0.1, -0.05) is 78.9 Å². The molecule has 0 saturated carbocycles. The summed E-state index contributed by atoms with van der Waals surface area (Å²) in [6, 6.07) is 32.6. The van der Waals surface area contributed by atoms with Crippen LogP contribution in [0.3, 0.4) is 0 Å². The number of carbonyl (C=O) groups excluding carboxylic acids is 1. The topological polar surface area (TPSA) is 60.4 Å². The molecule has 184 valence electrons. The van der Waals surface area contributed by atoms with Crippen molar-refractivity contribution in [1.82, 2.24) is 0 Å². The minimum atomic E-state index is -0.511. The number of carbonyl (C=O) groups is 1. The summed E-state index contributed by atoms with van der Waals surface area (Å²) in [5, 5.41) is 7.12. The van der Waals surface area contributed by atoms with Crippen LogP contribution in [0.5, 0.6) is 11.5 Å². The molecule has 0 amide bonds. The van der Waals surface area contributed by atoms with Crippen LogP contribution in [0.1, 0.15) is 51.2 Å². The van der Waals surface area contributed by atoms with E-state index in [2.05, 4.69) is 41.4 Å². The van der Waals surface area contributed by atoms with Crippen molar-refractivity contribution in [2.24, 2.45) is 5.10 Å². The largest absolute Gasteiger partial charge is 0.493 e. The Kier molecular flexibility index (Phi) is 5.85. The Labute approximate surface area is 215 Å². The zero-order valence-electron chi connectivity index (χ0n) is 20.6. The molecular weight excluding hydrogens is 464 g/mol. The Hall–Kier alpha value is -4.58. The molecule has 0 bridgehead atoms. The number of nitrogens with zero attached hydrogens (tertiary/aromatic N) is 2. The Morgan fingerprint density at radius 3 is 2.19 bits per heavy atom. The predicted octanol–water partition coefficient (Wildman–Crippen LogP) is 6.32. The highest BCUT2D eigenvalue weighted by molar-refractivity contribution is 6.03. The summed E-state index contributed by atoms with van der Waals surface area (Å²) >= 11 is 0. The van der Waals surface area contributed by atoms with Crippen molar-refractivity contribution in [3.8, 4) is 11.5 Å². The third-order valence-electron chi connectivity index (χ3n) is 6.95. The fraction of sp³-hybridized carbons (Fsp3) is 0.161. The van der Waals surface area contributed by atoms with E-state index in [1.54, 1.807) is 13.2 Å². The lowest BCUT2D eigenvalue weighted by atomic mass is 9.97. The van der Waals surface area contributed by atoms with E-state index in [4.69, 9.17) is 19.3 Å². The lowest BCUT2D eigenvalue weighted by molar-refractivity contribution is 0.0453. The van der Waals surface area contributed by atoms with Crippen LogP contribution < -0.4 is 14.5 Å². The Bertz CT molecular complexity index is 1470. The van der Waals surface area contributed by atoms with Gasteiger partial charge in [-0.2, -0.15) is 5.10 Å². The van der Waals surface area contributed by atoms with Crippen LogP contribution in [0.15, 0.2) is 102 Å². The van der Waals surface area contributed by atoms with Gasteiger partial charge in [-0.25, -0.2) is 4.79 Å². The van der Waals surface area contributed by atoms with Gasteiger partial charge in [0.05, 0.1) is 31.7 Å². The lowest BCUT2D eigenvalue weighted by Gasteiger charge is -2.24. The van der Waals surface area contributed by atoms with Gasteiger partial charge in [0.2, 0.25) is 0 Å². The highest BCUT2D eigenvalue weighted by atomic mass is 16.6. The number of rotatable bonds is 6. The van der Waals surface area contributed by atoms with Crippen molar-refractivity contribution in [2.75, 3.05) is 19.2 Å². The Morgan fingerprint density at radius 1 is 0.811 bits per heavy atom. The molecule has 6 rings (SSSR count). The summed E-state index contributed by atoms with van der Waals surface area (Å²) in [5.74, 6) is 0.484. The second-order valence-corrected chi connectivity index (χ2v) is 9.03. The maximum absolute atomic E-state index is 12.8. The monoisotopic (exact) mass is 490 g/mol. The normalized spacial score (nSPS) is 18.3. The number of benzene rings is 4. The van der Waals surface area contributed by atoms with Gasteiger partial charge >= 0.3 is 5.97 Å². The fourth-order valence-electron chi connectivity index (χ4n) is 5.14. The molecule has 0 saturated heterocycles. The molecule has 6 nitrogen and oxygen atoms in total. The molecule has 0 radical (unpaired) electrons. The SMILES string of the molecule is COc1ccc2c(c1OC)C(=O)O[C@@H]2c1ccc(N2N=C(c3ccccc3)C[C@H]2c2ccccc2)cc1. The number of esters is 1. The smallest absolute Gasteiger partial charge is 0.343 e. The van der Waals surface area contributed by atoms with Gasteiger partial charge in [-0.3, -0.25) is 5.01 Å². The lowest BCUT2D eigenvalue weighted by Crippen LogP contribution is -2.18. The number of cyclic esters (lactones) is 1. The first kappa shape index (κ1) is 22.9. The van der Waals surface area contributed by atoms with Crippen molar-refractivity contribution >= 4 is 17.4 Å². The van der Waals surface area contributed by atoms with Crippen LogP contribution in [0.25, 0.3) is 0 Å². The Balaban J connectivity index is 1.34. The minimum Gasteiger partial charge on any atom is -0.493 e. The molecule has 0 aromatic heterocycles. The number of ether oxygens (including phenoxy) is 3. The van der Waals surface area contributed by atoms with Crippen molar-refractivity contribution < 1.29 is 19.0 Å². The summed E-state index contributed by atoms with van der Waals surface area (Å²) in [7, 11) is 3.07. The molecule has 4 aromatic rings. The molecule has 0 spiro atoms. The number of hydrogen-bond acceptors (Lipinski definition) is 6. The predicted molar refractivity (Wildman–Crippen MR) is 143 cm³/mol. The van der Waals surface area contributed by atoms with Gasteiger partial charge < -0.3 is 14.2 Å². The average Bonchev–Trinajstić information content (AvgIpc) is 3.56. The summed E-state index contributed by atoms with van der Waals surface area (Å²) in [4.78, 5) is 12.8. The van der Waals surface area contributed by atoms with Crippen molar-refractivity contribution in [3.05, 3.63) is 125 Å². The third-order valence-corrected chi connectivity index (χ3v) is 6.95. The quantitative estimate of drug-likeness (QED) is 0.296. The molecule has 0 fully saturated rings. The van der Waals surface area contributed by atoms with E-state index in [-0.39, 0.29) is 6.04 Å². The average molecular weight is 491 g/mol. The van der Waals surface area contributed by atoms with Crippen LogP contribution in [-0.4, -0.2) is 25.9 Å². The second-order valence-electron chi connectivity index (χ2n) is 9.03. The molecule has 6 heteroatoms. The minimum absolute atomic E-state index is 0.0871. The van der Waals surface area contributed by atoms with Gasteiger partial charge in [0.1, 0.15) is 5.56 Å². The highest BCUT2D eigenvalue weighted by Gasteiger charge is 2.37. The van der Waals surface area contributed by atoms with Crippen LogP contribution in [0.2, 0.25) is 0 Å². The summed E-state index contributed by atoms with van der Waals surface area (Å²) in [6.07, 6.45) is 0.300. The maximum atomic E-state index is 12.8. The van der Waals surface area contributed by atoms with Crippen LogP contribution in [-0.2, 0) is 4.74 Å². The van der Waals surface area contributed by atoms with E-state index in [1.807, 2.05) is 54.6 Å². The number of methoxy groups -OCH3 is 2. The Morgan fingerprint density at radius 2 is 1.51 bits per heavy atom. The maximum Gasteiger partial charge on any atom is 0.343 e. The van der Waals surface area contributed by atoms with Gasteiger partial charge in [0.15, 0.2) is 17.6 Å². The summed E-state index contributed by atoms with van der Waals surface area (Å²) in [6.45, 7) is 0. The molecule has 2 atom stereocenters. The first-order valence-electron chi connectivity index (χ1n) is 12.2. The van der Waals surface area contributed by atoms with Gasteiger partial charge in [0, 0.05) is 12.0 Å². The standard InChI is InChI=1S/C31H26N2O4/c1-35-27-18-17-24-28(30(27)36-2)31(34)37-29(24)22-13-15-23(16-14-22)33-26(21-11-7-4-8-12-21)19-25(32-33)20-9-5-3-6-10-20/h3-18,26,29H,19H2,1-2H3/t26-,29+/m0/s1. The van der Waals surface area contributed by atoms with E-state index in [0.29, 0.717) is 17.1 Å². The summed E-state index contributed by atoms with van der Waals surface area (Å²) < 4.78 is 16.6. The van der Waals surface area contributed by atoms with Crippen LogP contribution in [0, 0.1) is 0 Å². The van der Waals surface area contributed by atoms with Crippen molar-refractivity contribution in [1.29, 1.82) is 0 Å². The van der Waals surface area contributed by atoms with E-state index in [0.717, 1.165) is 34.5 Å². The fourth-order valence-corrected chi connectivity index (χ4v) is 5.14. The highest BCUT2D eigenvalue weighted by Crippen LogP contribution is 2.45. The molecule has 2 aliphatic rings. The molecule has 37 heavy (non-hydrogen) atoms. The van der Waals surface area contributed by atoms with Crippen LogP contribution >= 0.6 is 0 Å². The number of anilines is 1. The molecular formula is C31H26N2O4. The molecule has 0 N–H and O–H groups in total. The van der Waals surface area contributed by atoms with Crippen molar-refractivity contribution in [3.63, 3.8) is 0 Å². The van der Waals surface area contributed by atoms with E-state index in [1.165, 1.54) is 12.7 Å². The van der Waals surface area contributed by atoms with E-state index >= 15 is 0 Å². The number of hydrogen-bond donors (Lipinski definition) is 0. The number of fused-ring (bicyclic) bond motifs is 1. The molecule has 0 aliphatic carbocycles. The van der Waals surface area contributed by atoms with E-state index in [9.17, 15) is 4.79 Å².